The number of aromatic amines is 1. The van der Waals surface area contributed by atoms with E-state index in [4.69, 9.17) is 0 Å². The molecule has 2 aliphatic rings. The average molecular weight is 251 g/mol. The Morgan fingerprint density at radius 2 is 2.29 bits per heavy atom. The molecule has 1 aliphatic heterocycles. The zero-order valence-electron chi connectivity index (χ0n) is 9.30. The monoisotopic (exact) mass is 251 g/mol. The number of nitrogens with one attached hydrogen (secondary N) is 1. The zero-order valence-corrected chi connectivity index (χ0v) is 10.1. The standard InChI is InChI=1S/C10H13N5OS/c16-9(15-5-6-17-7-15)10(3-1-2-4-10)8-11-13-14-12-8/h1-2H,3-7H2,(H,11,12,13,14). The van der Waals surface area contributed by atoms with E-state index >= 15 is 0 Å². The van der Waals surface area contributed by atoms with Gasteiger partial charge in [0.1, 0.15) is 5.41 Å². The molecule has 6 nitrogen and oxygen atoms in total. The summed E-state index contributed by atoms with van der Waals surface area (Å²) >= 11 is 1.79. The normalized spacial score (nSPS) is 22.2. The van der Waals surface area contributed by atoms with Crippen LogP contribution in [-0.4, -0.2) is 49.6 Å². The van der Waals surface area contributed by atoms with Gasteiger partial charge < -0.3 is 4.90 Å². The van der Waals surface area contributed by atoms with E-state index in [9.17, 15) is 4.79 Å². The quantitative estimate of drug-likeness (QED) is 0.766. The van der Waals surface area contributed by atoms with Gasteiger partial charge in [-0.1, -0.05) is 17.4 Å². The zero-order chi connectivity index (χ0) is 11.7. The summed E-state index contributed by atoms with van der Waals surface area (Å²) < 4.78 is 0. The van der Waals surface area contributed by atoms with Crippen molar-refractivity contribution in [1.29, 1.82) is 0 Å². The number of tetrazole rings is 1. The summed E-state index contributed by atoms with van der Waals surface area (Å²) in [5.74, 6) is 2.44. The first-order chi connectivity index (χ1) is 8.33. The van der Waals surface area contributed by atoms with Crippen LogP contribution in [0.4, 0.5) is 0 Å². The van der Waals surface area contributed by atoms with Gasteiger partial charge in [0.25, 0.3) is 0 Å². The van der Waals surface area contributed by atoms with Gasteiger partial charge >= 0.3 is 0 Å². The maximum absolute atomic E-state index is 12.6. The van der Waals surface area contributed by atoms with Crippen LogP contribution < -0.4 is 0 Å². The van der Waals surface area contributed by atoms with Gasteiger partial charge in [0, 0.05) is 12.3 Å². The highest BCUT2D eigenvalue weighted by molar-refractivity contribution is 7.99. The Balaban J connectivity index is 1.92. The number of H-pyrrole nitrogens is 1. The molecule has 0 atom stereocenters. The van der Waals surface area contributed by atoms with Gasteiger partial charge in [0.15, 0.2) is 5.82 Å². The number of allylic oxidation sites excluding steroid dienone is 2. The first kappa shape index (κ1) is 10.8. The van der Waals surface area contributed by atoms with E-state index in [1.165, 1.54) is 0 Å². The van der Waals surface area contributed by atoms with Crippen LogP contribution in [0.5, 0.6) is 0 Å². The number of hydrogen-bond donors (Lipinski definition) is 1. The molecule has 7 heteroatoms. The molecule has 0 aromatic carbocycles. The minimum Gasteiger partial charge on any atom is -0.332 e. The number of thioether (sulfide) groups is 1. The predicted molar refractivity (Wildman–Crippen MR) is 63.3 cm³/mol. The molecule has 1 saturated heterocycles. The van der Waals surface area contributed by atoms with Crippen LogP contribution in [0.2, 0.25) is 0 Å². The SMILES string of the molecule is O=C(N1CCSC1)C1(c2nn[nH]n2)CC=CC1. The lowest BCUT2D eigenvalue weighted by Gasteiger charge is -2.28. The van der Waals surface area contributed by atoms with Gasteiger partial charge in [-0.05, 0) is 12.8 Å². The van der Waals surface area contributed by atoms with Crippen LogP contribution in [-0.2, 0) is 10.2 Å². The average Bonchev–Trinajstić information content (AvgIpc) is 3.10. The van der Waals surface area contributed by atoms with Crippen molar-refractivity contribution in [3.05, 3.63) is 18.0 Å². The van der Waals surface area contributed by atoms with Gasteiger partial charge in [0.2, 0.25) is 5.91 Å². The molecule has 0 spiro atoms. The highest BCUT2D eigenvalue weighted by atomic mass is 32.2. The molecule has 3 rings (SSSR count). The molecule has 1 fully saturated rings. The number of carbonyl (C=O) groups excluding carboxylic acids is 1. The Labute approximate surface area is 103 Å². The molecular weight excluding hydrogens is 238 g/mol. The Kier molecular flexibility index (Phi) is 2.62. The van der Waals surface area contributed by atoms with Crippen LogP contribution in [0, 0.1) is 0 Å². The highest BCUT2D eigenvalue weighted by Gasteiger charge is 2.47. The lowest BCUT2D eigenvalue weighted by Crippen LogP contribution is -2.45. The van der Waals surface area contributed by atoms with Crippen molar-refractivity contribution in [1.82, 2.24) is 25.5 Å². The molecule has 0 bridgehead atoms. The van der Waals surface area contributed by atoms with Gasteiger partial charge in [-0.2, -0.15) is 5.21 Å². The summed E-state index contributed by atoms with van der Waals surface area (Å²) in [6.07, 6.45) is 5.40. The Bertz CT molecular complexity index is 430. The van der Waals surface area contributed by atoms with Gasteiger partial charge in [0.05, 0.1) is 5.88 Å². The summed E-state index contributed by atoms with van der Waals surface area (Å²) in [5.41, 5.74) is -0.613. The van der Waals surface area contributed by atoms with Gasteiger partial charge in [-0.15, -0.1) is 22.0 Å². The Hall–Kier alpha value is -1.37. The maximum atomic E-state index is 12.6. The Morgan fingerprint density at radius 3 is 2.88 bits per heavy atom. The number of hydrogen-bond acceptors (Lipinski definition) is 5. The first-order valence-corrected chi connectivity index (χ1v) is 6.74. The highest BCUT2D eigenvalue weighted by Crippen LogP contribution is 2.37. The number of aromatic nitrogens is 4. The number of amides is 1. The minimum atomic E-state index is -0.613. The summed E-state index contributed by atoms with van der Waals surface area (Å²) in [6, 6.07) is 0. The summed E-state index contributed by atoms with van der Waals surface area (Å²) in [7, 11) is 0. The third-order valence-corrected chi connectivity index (χ3v) is 4.29. The molecule has 0 unspecified atom stereocenters. The molecule has 0 saturated carbocycles. The molecule has 1 aromatic heterocycles. The summed E-state index contributed by atoms with van der Waals surface area (Å²) in [5, 5.41) is 14.1. The fourth-order valence-electron chi connectivity index (χ4n) is 2.35. The first-order valence-electron chi connectivity index (χ1n) is 5.59. The van der Waals surface area contributed by atoms with E-state index in [0.717, 1.165) is 18.2 Å². The lowest BCUT2D eigenvalue weighted by molar-refractivity contribution is -0.135. The Morgan fingerprint density at radius 1 is 1.47 bits per heavy atom. The molecular formula is C10H13N5OS. The molecule has 17 heavy (non-hydrogen) atoms. The van der Waals surface area contributed by atoms with Gasteiger partial charge in [-0.25, -0.2) is 0 Å². The maximum Gasteiger partial charge on any atom is 0.237 e. The van der Waals surface area contributed by atoms with E-state index in [0.29, 0.717) is 18.7 Å². The molecule has 1 aliphatic carbocycles. The van der Waals surface area contributed by atoms with Crippen molar-refractivity contribution < 1.29 is 4.79 Å². The molecule has 1 N–H and O–H groups in total. The second kappa shape index (κ2) is 4.14. The third-order valence-electron chi connectivity index (χ3n) is 3.32. The molecule has 90 valence electrons. The molecule has 2 heterocycles. The fraction of sp³-hybridized carbons (Fsp3) is 0.600. The van der Waals surface area contributed by atoms with E-state index in [-0.39, 0.29) is 5.91 Å². The van der Waals surface area contributed by atoms with Crippen molar-refractivity contribution in [3.63, 3.8) is 0 Å². The lowest BCUT2D eigenvalue weighted by atomic mass is 9.83. The topological polar surface area (TPSA) is 74.8 Å². The van der Waals surface area contributed by atoms with Crippen LogP contribution in [0.15, 0.2) is 12.2 Å². The summed E-state index contributed by atoms with van der Waals surface area (Å²) in [4.78, 5) is 14.5. The second-order valence-electron chi connectivity index (χ2n) is 4.30. The minimum absolute atomic E-state index is 0.133. The van der Waals surface area contributed by atoms with Crippen LogP contribution in [0.3, 0.4) is 0 Å². The van der Waals surface area contributed by atoms with Gasteiger partial charge in [-0.3, -0.25) is 4.79 Å². The predicted octanol–water partition coefficient (Wildman–Crippen LogP) is 0.320. The van der Waals surface area contributed by atoms with Crippen molar-refractivity contribution in [2.24, 2.45) is 0 Å². The van der Waals surface area contributed by atoms with E-state index in [1.807, 2.05) is 17.1 Å². The van der Waals surface area contributed by atoms with Crippen LogP contribution in [0.1, 0.15) is 18.7 Å². The van der Waals surface area contributed by atoms with Crippen LogP contribution in [0.25, 0.3) is 0 Å². The largest absolute Gasteiger partial charge is 0.332 e. The van der Waals surface area contributed by atoms with E-state index in [1.54, 1.807) is 11.8 Å². The van der Waals surface area contributed by atoms with Crippen LogP contribution >= 0.6 is 11.8 Å². The smallest absolute Gasteiger partial charge is 0.237 e. The second-order valence-corrected chi connectivity index (χ2v) is 5.38. The number of rotatable bonds is 2. The molecule has 0 radical (unpaired) electrons. The fourth-order valence-corrected chi connectivity index (χ4v) is 3.29. The van der Waals surface area contributed by atoms with Crippen molar-refractivity contribution in [2.75, 3.05) is 18.2 Å². The van der Waals surface area contributed by atoms with Crippen molar-refractivity contribution in [2.45, 2.75) is 18.3 Å². The van der Waals surface area contributed by atoms with Crippen molar-refractivity contribution >= 4 is 17.7 Å². The van der Waals surface area contributed by atoms with Crippen molar-refractivity contribution in [3.8, 4) is 0 Å². The number of carbonyl (C=O) groups is 1. The molecule has 1 amide bonds. The number of nitrogens with zero attached hydrogens (tertiary/aromatic N) is 4. The third kappa shape index (κ3) is 1.65. The van der Waals surface area contributed by atoms with E-state index < -0.39 is 5.41 Å². The summed E-state index contributed by atoms with van der Waals surface area (Å²) in [6.45, 7) is 0.823. The van der Waals surface area contributed by atoms with E-state index in [2.05, 4.69) is 20.6 Å². The molecule has 1 aromatic rings.